The summed E-state index contributed by atoms with van der Waals surface area (Å²) in [5, 5.41) is 8.52. The molecule has 7 heteroatoms. The summed E-state index contributed by atoms with van der Waals surface area (Å²) in [6.45, 7) is 0.104. The largest absolute Gasteiger partial charge is 0.497 e. The summed E-state index contributed by atoms with van der Waals surface area (Å²) in [6.07, 6.45) is 0. The van der Waals surface area contributed by atoms with Gasteiger partial charge in [-0.1, -0.05) is 12.1 Å². The molecular weight excluding hydrogens is 258 g/mol. The molecule has 100 valence electrons. The van der Waals surface area contributed by atoms with Gasteiger partial charge < -0.3 is 9.84 Å². The van der Waals surface area contributed by atoms with Crippen molar-refractivity contribution in [2.75, 3.05) is 19.9 Å². The molecular formula is C11H15NO5S. The molecule has 0 atom stereocenters. The fourth-order valence-corrected chi connectivity index (χ4v) is 2.27. The topological polar surface area (TPSA) is 83.9 Å². The third-order valence-electron chi connectivity index (χ3n) is 2.32. The summed E-state index contributed by atoms with van der Waals surface area (Å²) in [5.74, 6) is -1.66. The maximum Gasteiger partial charge on any atom is 0.320 e. The third-order valence-corrected chi connectivity index (χ3v) is 4.01. The van der Waals surface area contributed by atoms with Crippen LogP contribution in [0.2, 0.25) is 0 Å². The van der Waals surface area contributed by atoms with Crippen LogP contribution in [-0.2, 0) is 21.4 Å². The summed E-state index contributed by atoms with van der Waals surface area (Å²) >= 11 is 0. The summed E-state index contributed by atoms with van der Waals surface area (Å²) in [5.41, 5.74) is 0.728. The molecule has 0 saturated heterocycles. The molecule has 0 heterocycles. The van der Waals surface area contributed by atoms with Gasteiger partial charge in [-0.3, -0.25) is 4.79 Å². The van der Waals surface area contributed by atoms with Gasteiger partial charge in [-0.15, -0.1) is 0 Å². The van der Waals surface area contributed by atoms with Crippen LogP contribution >= 0.6 is 0 Å². The number of carboxylic acids is 1. The fraction of sp³-hybridized carbons (Fsp3) is 0.364. The predicted octanol–water partition coefficient (Wildman–Crippen LogP) is 0.541. The average Bonchev–Trinajstić information content (AvgIpc) is 2.27. The lowest BCUT2D eigenvalue weighted by Gasteiger charge is -2.16. The van der Waals surface area contributed by atoms with Gasteiger partial charge in [0.1, 0.15) is 5.75 Å². The molecule has 1 N–H and O–H groups in total. The number of aliphatic carboxylic acids is 1. The van der Waals surface area contributed by atoms with Crippen molar-refractivity contribution in [3.05, 3.63) is 29.8 Å². The number of hydrogen-bond donors (Lipinski definition) is 1. The van der Waals surface area contributed by atoms with E-state index < -0.39 is 21.7 Å². The van der Waals surface area contributed by atoms with Gasteiger partial charge in [0.05, 0.1) is 7.11 Å². The van der Waals surface area contributed by atoms with E-state index in [4.69, 9.17) is 9.84 Å². The average molecular weight is 273 g/mol. The second kappa shape index (κ2) is 5.83. The molecule has 0 spiro atoms. The first kappa shape index (κ1) is 14.5. The highest BCUT2D eigenvalue weighted by Gasteiger charge is 2.21. The van der Waals surface area contributed by atoms with Gasteiger partial charge in [0.2, 0.25) is 10.0 Å². The van der Waals surface area contributed by atoms with Crippen LogP contribution in [0, 0.1) is 0 Å². The monoisotopic (exact) mass is 273 g/mol. The normalized spacial score (nSPS) is 11.5. The third kappa shape index (κ3) is 4.01. The van der Waals surface area contributed by atoms with Gasteiger partial charge in [-0.05, 0) is 17.7 Å². The lowest BCUT2D eigenvalue weighted by molar-refractivity contribution is -0.134. The van der Waals surface area contributed by atoms with Crippen molar-refractivity contribution in [3.8, 4) is 5.75 Å². The molecule has 6 nitrogen and oxygen atoms in total. The maximum absolute atomic E-state index is 11.6. The van der Waals surface area contributed by atoms with Crippen molar-refractivity contribution >= 4 is 16.0 Å². The number of carbonyl (C=O) groups is 1. The summed E-state index contributed by atoms with van der Waals surface area (Å²) in [7, 11) is -0.921. The Bertz CT molecular complexity index is 526. The lowest BCUT2D eigenvalue weighted by Crippen LogP contribution is -2.31. The van der Waals surface area contributed by atoms with E-state index in [0.29, 0.717) is 5.75 Å². The number of methoxy groups -OCH3 is 1. The maximum atomic E-state index is 11.6. The first-order chi connectivity index (χ1) is 8.35. The zero-order chi connectivity index (χ0) is 13.8. The summed E-state index contributed by atoms with van der Waals surface area (Å²) < 4.78 is 29.3. The van der Waals surface area contributed by atoms with Crippen molar-refractivity contribution in [2.24, 2.45) is 0 Å². The van der Waals surface area contributed by atoms with Crippen molar-refractivity contribution in [2.45, 2.75) is 6.54 Å². The molecule has 1 aromatic carbocycles. The predicted molar refractivity (Wildman–Crippen MR) is 65.9 cm³/mol. The molecule has 0 amide bonds. The van der Waals surface area contributed by atoms with Crippen molar-refractivity contribution in [1.82, 2.24) is 4.31 Å². The standard InChI is InChI=1S/C11H15NO5S/c1-12(18(15,16)8-11(13)14)7-9-4-3-5-10(6-9)17-2/h3-6H,7-8H2,1-2H3,(H,13,14). The Balaban J connectivity index is 2.80. The molecule has 0 aliphatic rings. The first-order valence-corrected chi connectivity index (χ1v) is 6.75. The van der Waals surface area contributed by atoms with Gasteiger partial charge in [0.25, 0.3) is 0 Å². The summed E-state index contributed by atoms with van der Waals surface area (Å²) in [4.78, 5) is 10.4. The summed E-state index contributed by atoms with van der Waals surface area (Å²) in [6, 6.07) is 6.93. The smallest absolute Gasteiger partial charge is 0.320 e. The van der Waals surface area contributed by atoms with E-state index in [0.717, 1.165) is 9.87 Å². The van der Waals surface area contributed by atoms with Gasteiger partial charge in [0, 0.05) is 13.6 Å². The molecule has 18 heavy (non-hydrogen) atoms. The number of ether oxygens (including phenoxy) is 1. The number of sulfonamides is 1. The van der Waals surface area contributed by atoms with Crippen molar-refractivity contribution < 1.29 is 23.1 Å². The second-order valence-corrected chi connectivity index (χ2v) is 5.83. The molecule has 0 fully saturated rings. The van der Waals surface area contributed by atoms with E-state index in [9.17, 15) is 13.2 Å². The molecule has 0 radical (unpaired) electrons. The van der Waals surface area contributed by atoms with Crippen LogP contribution in [-0.4, -0.2) is 43.7 Å². The molecule has 0 aliphatic carbocycles. The van der Waals surface area contributed by atoms with E-state index in [2.05, 4.69) is 0 Å². The number of rotatable bonds is 6. The van der Waals surface area contributed by atoms with Crippen LogP contribution in [0.3, 0.4) is 0 Å². The molecule has 1 aromatic rings. The number of hydrogen-bond acceptors (Lipinski definition) is 4. The number of nitrogens with zero attached hydrogens (tertiary/aromatic N) is 1. The molecule has 0 unspecified atom stereocenters. The van der Waals surface area contributed by atoms with E-state index in [-0.39, 0.29) is 6.54 Å². The van der Waals surface area contributed by atoms with Crippen molar-refractivity contribution in [1.29, 1.82) is 0 Å². The number of benzene rings is 1. The van der Waals surface area contributed by atoms with Crippen LogP contribution in [0.5, 0.6) is 5.75 Å². The minimum Gasteiger partial charge on any atom is -0.497 e. The molecule has 0 bridgehead atoms. The fourth-order valence-electron chi connectivity index (χ4n) is 1.39. The first-order valence-electron chi connectivity index (χ1n) is 5.14. The zero-order valence-electron chi connectivity index (χ0n) is 10.2. The Labute approximate surface area is 106 Å². The molecule has 0 aromatic heterocycles. The van der Waals surface area contributed by atoms with Crippen LogP contribution in [0.15, 0.2) is 24.3 Å². The SMILES string of the molecule is COc1cccc(CN(C)S(=O)(=O)CC(=O)O)c1. The Morgan fingerprint density at radius 1 is 1.44 bits per heavy atom. The Morgan fingerprint density at radius 2 is 2.11 bits per heavy atom. The molecule has 0 saturated carbocycles. The van der Waals surface area contributed by atoms with Crippen LogP contribution in [0.1, 0.15) is 5.56 Å². The van der Waals surface area contributed by atoms with E-state index in [1.54, 1.807) is 24.3 Å². The Hall–Kier alpha value is -1.60. The molecule has 0 aliphatic heterocycles. The van der Waals surface area contributed by atoms with Gasteiger partial charge in [-0.25, -0.2) is 12.7 Å². The Morgan fingerprint density at radius 3 is 2.67 bits per heavy atom. The molecule has 1 rings (SSSR count). The van der Waals surface area contributed by atoms with Crippen LogP contribution in [0.4, 0.5) is 0 Å². The minimum absolute atomic E-state index is 0.104. The lowest BCUT2D eigenvalue weighted by atomic mass is 10.2. The van der Waals surface area contributed by atoms with Gasteiger partial charge in [-0.2, -0.15) is 0 Å². The van der Waals surface area contributed by atoms with E-state index >= 15 is 0 Å². The number of carboxylic acid groups (broad SMARTS) is 1. The van der Waals surface area contributed by atoms with Gasteiger partial charge >= 0.3 is 5.97 Å². The Kier molecular flexibility index (Phi) is 4.69. The highest BCUT2D eigenvalue weighted by atomic mass is 32.2. The highest BCUT2D eigenvalue weighted by Crippen LogP contribution is 2.15. The van der Waals surface area contributed by atoms with Crippen LogP contribution in [0.25, 0.3) is 0 Å². The van der Waals surface area contributed by atoms with E-state index in [1.165, 1.54) is 14.2 Å². The van der Waals surface area contributed by atoms with Crippen LogP contribution < -0.4 is 4.74 Å². The quantitative estimate of drug-likeness (QED) is 0.818. The highest BCUT2D eigenvalue weighted by molar-refractivity contribution is 7.89. The zero-order valence-corrected chi connectivity index (χ0v) is 11.0. The van der Waals surface area contributed by atoms with Gasteiger partial charge in [0.15, 0.2) is 5.75 Å². The second-order valence-electron chi connectivity index (χ2n) is 3.76. The van der Waals surface area contributed by atoms with Crippen molar-refractivity contribution in [3.63, 3.8) is 0 Å². The minimum atomic E-state index is -3.78. The van der Waals surface area contributed by atoms with E-state index in [1.807, 2.05) is 0 Å².